The summed E-state index contributed by atoms with van der Waals surface area (Å²) in [4.78, 5) is 53.0. The summed E-state index contributed by atoms with van der Waals surface area (Å²) in [5.41, 5.74) is -3.59. The van der Waals surface area contributed by atoms with Crippen molar-refractivity contribution >= 4 is 23.9 Å². The third kappa shape index (κ3) is 13.1. The molecule has 9 aliphatic rings. The molecule has 8 fully saturated rings. The molecule has 9 rings (SSSR count). The van der Waals surface area contributed by atoms with E-state index in [-0.39, 0.29) is 65.4 Å². The topological polar surface area (TPSA) is 415 Å². The van der Waals surface area contributed by atoms with Crippen LogP contribution in [0.1, 0.15) is 135 Å². The average molecular weight is 1350 g/mol. The van der Waals surface area contributed by atoms with Gasteiger partial charge >= 0.3 is 47.5 Å². The van der Waals surface area contributed by atoms with E-state index in [2.05, 4.69) is 26.8 Å². The predicted octanol–water partition coefficient (Wildman–Crippen LogP) is -3.37. The third-order valence-corrected chi connectivity index (χ3v) is 24.0. The molecule has 0 aromatic heterocycles. The first-order chi connectivity index (χ1) is 43.5. The Balaban J connectivity index is 0.0000113. The van der Waals surface area contributed by atoms with Crippen LogP contribution in [0.15, 0.2) is 34.9 Å². The number of aliphatic hydroxyl groups excluding tert-OH is 11. The van der Waals surface area contributed by atoms with Gasteiger partial charge in [0.1, 0.15) is 67.1 Å². The van der Waals surface area contributed by atoms with Crippen molar-refractivity contribution in [1.29, 1.82) is 0 Å². The van der Waals surface area contributed by atoms with Gasteiger partial charge < -0.3 is 118 Å². The zero-order chi connectivity index (χ0) is 68.7. The van der Waals surface area contributed by atoms with Crippen LogP contribution in [0, 0.1) is 56.2 Å². The standard InChI is InChI=1S/C66H102O27.Na/c1-14-28(3)55(81)88-47-30(5)83-59(46(78)49(47)89-56(82)29(4)15-2)93-52-53(84-31(6)71)66(27-70)34(22-61(52,7)8)33-16-17-38-63(11)20-19-40(62(9,10)37(63)18-21-64(38,12)65(33,13)23-39(66)72)87-60-51(92-57-43(75)41(73)32(24-67)35(25-68)85-57)48(45(77)50(91-60)54(79)80)90-58-44(76)42(74)36(26-69)86-58;/h14-16,30,32,34-53,57-60,67-70,72-78H,17-27H2,1-13H3,(H,79,80);/q;+1/p-1/b28-14-,29-15-;/t30?,32-,34?,35?,36+,37?,38?,39+,40-,41-,42?,43?,44-,45+,46?,47-,48-,49+,50?,51?,52-,53-,57-,58-,59-,60+,63-,64+,65+,66-;/m0./s1. The van der Waals surface area contributed by atoms with Gasteiger partial charge in [0.25, 0.3) is 0 Å². The first-order valence-electron chi connectivity index (χ1n) is 32.7. The van der Waals surface area contributed by atoms with Crippen LogP contribution in [-0.4, -0.2) is 242 Å². The first kappa shape index (κ1) is 77.1. The summed E-state index contributed by atoms with van der Waals surface area (Å²) in [7, 11) is 0. The molecule has 0 radical (unpaired) electrons. The van der Waals surface area contributed by atoms with Gasteiger partial charge in [-0.05, 0) is 124 Å². The van der Waals surface area contributed by atoms with Crippen molar-refractivity contribution in [3.8, 4) is 0 Å². The summed E-state index contributed by atoms with van der Waals surface area (Å²) in [6, 6.07) is 0. The summed E-state index contributed by atoms with van der Waals surface area (Å²) in [5, 5.41) is 137. The fourth-order valence-corrected chi connectivity index (χ4v) is 18.3. The van der Waals surface area contributed by atoms with Crippen LogP contribution in [0.5, 0.6) is 0 Å². The third-order valence-electron chi connectivity index (χ3n) is 24.0. The van der Waals surface area contributed by atoms with Crippen molar-refractivity contribution in [3.05, 3.63) is 34.9 Å². The quantitative estimate of drug-likeness (QED) is 0.0159. The average Bonchev–Trinajstić information content (AvgIpc) is 0.727. The molecule has 30 atom stereocenters. The van der Waals surface area contributed by atoms with Gasteiger partial charge in [-0.3, -0.25) is 4.79 Å². The van der Waals surface area contributed by atoms with E-state index in [1.165, 1.54) is 19.9 Å². The van der Waals surface area contributed by atoms with Crippen molar-refractivity contribution in [2.75, 3.05) is 26.4 Å². The van der Waals surface area contributed by atoms with E-state index < -0.39 is 230 Å². The number of esters is 3. The molecule has 0 spiro atoms. The Morgan fingerprint density at radius 2 is 1.18 bits per heavy atom. The minimum atomic E-state index is -2.19. The number of carbonyl (C=O) groups excluding carboxylic acids is 4. The van der Waals surface area contributed by atoms with E-state index in [1.807, 2.05) is 27.7 Å². The number of fused-ring (bicyclic) bond motifs is 7. The minimum absolute atomic E-state index is 0. The van der Waals surface area contributed by atoms with Gasteiger partial charge in [0, 0.05) is 24.0 Å². The molecular formula is C66H101NaO27. The number of hydrogen-bond donors (Lipinski definition) is 11. The maximum atomic E-state index is 13.5. The fourth-order valence-electron chi connectivity index (χ4n) is 18.3. The van der Waals surface area contributed by atoms with Gasteiger partial charge in [-0.2, -0.15) is 0 Å². The molecule has 4 heterocycles. The van der Waals surface area contributed by atoms with E-state index in [0.29, 0.717) is 32.1 Å². The molecular weight excluding hydrogens is 1250 g/mol. The number of carbonyl (C=O) groups is 4. The van der Waals surface area contributed by atoms with Crippen LogP contribution in [-0.2, 0) is 71.3 Å². The molecule has 27 nitrogen and oxygen atoms in total. The molecule has 528 valence electrons. The fraction of sp³-hybridized carbons (Fsp3) is 0.848. The number of aliphatic hydroxyl groups is 11. The summed E-state index contributed by atoms with van der Waals surface area (Å²) in [5.74, 6) is -6.09. The molecule has 10 unspecified atom stereocenters. The Kier molecular flexibility index (Phi) is 23.9. The Morgan fingerprint density at radius 3 is 1.73 bits per heavy atom. The van der Waals surface area contributed by atoms with E-state index >= 15 is 0 Å². The summed E-state index contributed by atoms with van der Waals surface area (Å²) >= 11 is 0. The van der Waals surface area contributed by atoms with Crippen LogP contribution in [0.2, 0.25) is 0 Å². The van der Waals surface area contributed by atoms with Gasteiger partial charge in [-0.1, -0.05) is 72.3 Å². The van der Waals surface area contributed by atoms with Crippen LogP contribution in [0.25, 0.3) is 0 Å². The molecule has 0 bridgehead atoms. The largest absolute Gasteiger partial charge is 1.00 e. The summed E-state index contributed by atoms with van der Waals surface area (Å²) in [6.07, 6.45) is -26.9. The maximum absolute atomic E-state index is 13.5. The summed E-state index contributed by atoms with van der Waals surface area (Å²) in [6.45, 7) is 20.9. The number of hydrogen-bond acceptors (Lipinski definition) is 27. The summed E-state index contributed by atoms with van der Waals surface area (Å²) < 4.78 is 68.0. The van der Waals surface area contributed by atoms with Crippen molar-refractivity contribution in [2.45, 2.75) is 270 Å². The van der Waals surface area contributed by atoms with Gasteiger partial charge in [0.15, 0.2) is 37.4 Å². The van der Waals surface area contributed by atoms with E-state index in [4.69, 9.17) is 52.1 Å². The second-order valence-corrected chi connectivity index (χ2v) is 29.7. The van der Waals surface area contributed by atoms with Gasteiger partial charge in [0.2, 0.25) is 0 Å². The smallest absolute Gasteiger partial charge is 0.547 e. The number of aliphatic carboxylic acids is 1. The molecule has 4 saturated heterocycles. The monoisotopic (exact) mass is 1350 g/mol. The SMILES string of the molecule is C/C=C(/C)C(=O)O[C@@H]1C(O)[C@H](O[C@H]2[C@H](OC(C)=O)[C@@]3(CO)C(CC2(C)C)C2=CCC4[C@@]5(C)CC[C@H](O[C@@H]6OC(C(=O)[O-])[C@H](O)[C@H](O[C@@H]7O[C@H](CO)C(O)[C@@H]7O)C6O[C@@H]6OC(CO)[C@H](CO)[C@H](O)C6O)C(C)(C)C5CC[C@@]4(C)[C@]2(C)C[C@H]3O)OC(C)[C@@H]1OC(=O)/C(C)=C\C.[Na+]. The Hall–Kier alpha value is -2.66. The van der Waals surface area contributed by atoms with Crippen LogP contribution in [0.4, 0.5) is 0 Å². The Bertz CT molecular complexity index is 2810. The molecule has 0 aromatic carbocycles. The molecule has 11 N–H and O–H groups in total. The van der Waals surface area contributed by atoms with E-state index in [1.54, 1.807) is 33.8 Å². The van der Waals surface area contributed by atoms with Crippen molar-refractivity contribution in [1.82, 2.24) is 0 Å². The minimum Gasteiger partial charge on any atom is -0.547 e. The number of rotatable bonds is 18. The van der Waals surface area contributed by atoms with Gasteiger partial charge in [0.05, 0.1) is 68.3 Å². The Labute approximate surface area is 570 Å². The molecule has 0 aromatic rings. The first-order valence-corrected chi connectivity index (χ1v) is 32.7. The van der Waals surface area contributed by atoms with Crippen molar-refractivity contribution in [2.24, 2.45) is 56.2 Å². The van der Waals surface area contributed by atoms with Crippen LogP contribution < -0.4 is 34.7 Å². The molecule has 94 heavy (non-hydrogen) atoms. The Morgan fingerprint density at radius 1 is 0.606 bits per heavy atom. The maximum Gasteiger partial charge on any atom is 1.00 e. The molecule has 28 heteroatoms. The van der Waals surface area contributed by atoms with E-state index in [9.17, 15) is 80.5 Å². The number of carboxylic acids is 1. The van der Waals surface area contributed by atoms with Crippen molar-refractivity contribution in [3.63, 3.8) is 0 Å². The molecule has 0 amide bonds. The molecule has 4 saturated carbocycles. The van der Waals surface area contributed by atoms with Crippen LogP contribution in [0.3, 0.4) is 0 Å². The number of allylic oxidation sites excluding steroid dienone is 4. The predicted molar refractivity (Wildman–Crippen MR) is 318 cm³/mol. The molecule has 4 aliphatic heterocycles. The van der Waals surface area contributed by atoms with Crippen LogP contribution >= 0.6 is 0 Å². The normalized spacial score (nSPS) is 47.5. The van der Waals surface area contributed by atoms with E-state index in [0.717, 1.165) is 5.57 Å². The van der Waals surface area contributed by atoms with Crippen molar-refractivity contribution < 1.29 is 162 Å². The van der Waals surface area contributed by atoms with Gasteiger partial charge in [-0.25, -0.2) is 9.59 Å². The molecule has 5 aliphatic carbocycles. The number of carboxylic acid groups (broad SMARTS) is 1. The second kappa shape index (κ2) is 29.1. The second-order valence-electron chi connectivity index (χ2n) is 29.7. The number of ether oxygens (including phenoxy) is 11. The zero-order valence-electron chi connectivity index (χ0n) is 56.5. The zero-order valence-corrected chi connectivity index (χ0v) is 58.5. The van der Waals surface area contributed by atoms with Gasteiger partial charge in [-0.15, -0.1) is 0 Å².